The maximum Gasteiger partial charge on any atom is 0.289 e. The Balaban J connectivity index is 0.00000300. The van der Waals surface area contributed by atoms with Gasteiger partial charge in [0.15, 0.2) is 11.7 Å². The second-order valence-corrected chi connectivity index (χ2v) is 6.33. The molecule has 0 bridgehead atoms. The molecule has 0 aliphatic carbocycles. The zero-order valence-electron chi connectivity index (χ0n) is 16.8. The van der Waals surface area contributed by atoms with Crippen LogP contribution in [0.3, 0.4) is 0 Å². The highest BCUT2D eigenvalue weighted by Crippen LogP contribution is 2.16. The lowest BCUT2D eigenvalue weighted by molar-refractivity contribution is 0.0657. The molecule has 158 valence electrons. The first-order chi connectivity index (χ1) is 13.7. The van der Waals surface area contributed by atoms with Gasteiger partial charge >= 0.3 is 0 Å². The van der Waals surface area contributed by atoms with Gasteiger partial charge in [-0.3, -0.25) is 4.79 Å². The molecular formula is C20H28IN5O3. The van der Waals surface area contributed by atoms with E-state index in [1.807, 2.05) is 30.9 Å². The van der Waals surface area contributed by atoms with Gasteiger partial charge in [-0.15, -0.1) is 24.0 Å². The summed E-state index contributed by atoms with van der Waals surface area (Å²) < 4.78 is 10.8. The number of amides is 1. The number of aliphatic imine (C=N–C) groups is 1. The standard InChI is InChI=1S/C20H27N5O3.HI/c1-3-21-20(23-15-16-7-5-9-22-18(16)27-4-2)25-12-10-24(11-13-25)19(26)17-8-6-14-28-17;/h5-9,14H,3-4,10-13,15H2,1-2H3,(H,21,23);1H. The molecule has 29 heavy (non-hydrogen) atoms. The second-order valence-electron chi connectivity index (χ2n) is 6.33. The zero-order chi connectivity index (χ0) is 19.8. The van der Waals surface area contributed by atoms with Crippen LogP contribution in [0.5, 0.6) is 5.88 Å². The molecule has 0 saturated carbocycles. The third-order valence-electron chi connectivity index (χ3n) is 4.46. The average Bonchev–Trinajstić information content (AvgIpc) is 3.27. The number of guanidine groups is 1. The van der Waals surface area contributed by atoms with Gasteiger partial charge in [-0.05, 0) is 32.0 Å². The van der Waals surface area contributed by atoms with E-state index in [1.54, 1.807) is 18.3 Å². The summed E-state index contributed by atoms with van der Waals surface area (Å²) in [5, 5.41) is 3.34. The number of nitrogens with one attached hydrogen (secondary N) is 1. The van der Waals surface area contributed by atoms with Crippen LogP contribution in [-0.4, -0.2) is 66.0 Å². The van der Waals surface area contributed by atoms with E-state index in [-0.39, 0.29) is 29.9 Å². The van der Waals surface area contributed by atoms with E-state index in [1.165, 1.54) is 6.26 Å². The Bertz CT molecular complexity index is 789. The maximum absolute atomic E-state index is 12.4. The molecule has 0 unspecified atom stereocenters. The molecule has 1 amide bonds. The summed E-state index contributed by atoms with van der Waals surface area (Å²) >= 11 is 0. The summed E-state index contributed by atoms with van der Waals surface area (Å²) in [5.41, 5.74) is 0.950. The normalized spacial score (nSPS) is 14.3. The van der Waals surface area contributed by atoms with Crippen LogP contribution < -0.4 is 10.1 Å². The molecule has 0 spiro atoms. The molecule has 0 aromatic carbocycles. The van der Waals surface area contributed by atoms with Crippen molar-refractivity contribution in [2.45, 2.75) is 20.4 Å². The highest BCUT2D eigenvalue weighted by Gasteiger charge is 2.25. The number of piperazine rings is 1. The molecule has 1 aliphatic heterocycles. The van der Waals surface area contributed by atoms with E-state index in [0.717, 1.165) is 18.1 Å². The lowest BCUT2D eigenvalue weighted by atomic mass is 10.2. The molecule has 1 saturated heterocycles. The van der Waals surface area contributed by atoms with Crippen molar-refractivity contribution in [2.75, 3.05) is 39.3 Å². The van der Waals surface area contributed by atoms with Crippen molar-refractivity contribution < 1.29 is 13.9 Å². The Morgan fingerprint density at radius 2 is 1.97 bits per heavy atom. The topological polar surface area (TPSA) is 83.2 Å². The Kier molecular flexibility index (Phi) is 9.23. The first-order valence-electron chi connectivity index (χ1n) is 9.65. The SMILES string of the molecule is CCNC(=NCc1cccnc1OCC)N1CCN(C(=O)c2ccco2)CC1.I. The van der Waals surface area contributed by atoms with Gasteiger partial charge in [0.1, 0.15) is 0 Å². The Morgan fingerprint density at radius 1 is 1.21 bits per heavy atom. The van der Waals surface area contributed by atoms with Crippen molar-refractivity contribution in [2.24, 2.45) is 4.99 Å². The molecule has 1 fully saturated rings. The van der Waals surface area contributed by atoms with Crippen molar-refractivity contribution >= 4 is 35.8 Å². The number of furan rings is 1. The number of pyridine rings is 1. The molecule has 1 N–H and O–H groups in total. The number of aromatic nitrogens is 1. The molecule has 2 aromatic heterocycles. The van der Waals surface area contributed by atoms with Crippen LogP contribution >= 0.6 is 24.0 Å². The van der Waals surface area contributed by atoms with Crippen LogP contribution in [0.4, 0.5) is 0 Å². The van der Waals surface area contributed by atoms with E-state index in [9.17, 15) is 4.79 Å². The van der Waals surface area contributed by atoms with E-state index in [0.29, 0.717) is 51.0 Å². The molecule has 3 heterocycles. The minimum Gasteiger partial charge on any atom is -0.478 e. The van der Waals surface area contributed by atoms with E-state index >= 15 is 0 Å². The minimum absolute atomic E-state index is 0. The zero-order valence-corrected chi connectivity index (χ0v) is 19.2. The Morgan fingerprint density at radius 3 is 2.62 bits per heavy atom. The third-order valence-corrected chi connectivity index (χ3v) is 4.46. The minimum atomic E-state index is -0.0664. The fourth-order valence-corrected chi connectivity index (χ4v) is 3.07. The van der Waals surface area contributed by atoms with Gasteiger partial charge < -0.3 is 24.3 Å². The first kappa shape index (κ1) is 23.0. The molecule has 2 aromatic rings. The van der Waals surface area contributed by atoms with Crippen LogP contribution in [-0.2, 0) is 6.54 Å². The number of hydrogen-bond donors (Lipinski definition) is 1. The van der Waals surface area contributed by atoms with Crippen LogP contribution in [0.1, 0.15) is 30.0 Å². The van der Waals surface area contributed by atoms with Gasteiger partial charge in [0, 0.05) is 44.5 Å². The highest BCUT2D eigenvalue weighted by molar-refractivity contribution is 14.0. The van der Waals surface area contributed by atoms with Crippen molar-refractivity contribution in [1.82, 2.24) is 20.1 Å². The van der Waals surface area contributed by atoms with Crippen molar-refractivity contribution in [3.05, 3.63) is 48.0 Å². The van der Waals surface area contributed by atoms with Crippen LogP contribution in [0.25, 0.3) is 0 Å². The summed E-state index contributed by atoms with van der Waals surface area (Å²) in [4.78, 5) is 25.4. The molecule has 0 atom stereocenters. The molecule has 1 aliphatic rings. The first-order valence-corrected chi connectivity index (χ1v) is 9.65. The molecular weight excluding hydrogens is 485 g/mol. The van der Waals surface area contributed by atoms with Gasteiger partial charge in [0.2, 0.25) is 5.88 Å². The number of nitrogens with zero attached hydrogens (tertiary/aromatic N) is 4. The summed E-state index contributed by atoms with van der Waals surface area (Å²) in [5.74, 6) is 1.77. The average molecular weight is 513 g/mol. The van der Waals surface area contributed by atoms with Crippen LogP contribution in [0.2, 0.25) is 0 Å². The lowest BCUT2D eigenvalue weighted by Gasteiger charge is -2.36. The van der Waals surface area contributed by atoms with Gasteiger partial charge in [-0.25, -0.2) is 9.98 Å². The quantitative estimate of drug-likeness (QED) is 0.364. The van der Waals surface area contributed by atoms with Crippen LogP contribution in [0, 0.1) is 0 Å². The van der Waals surface area contributed by atoms with Gasteiger partial charge in [-0.2, -0.15) is 0 Å². The smallest absolute Gasteiger partial charge is 0.289 e. The predicted molar refractivity (Wildman–Crippen MR) is 122 cm³/mol. The number of carbonyl (C=O) groups excluding carboxylic acids is 1. The monoisotopic (exact) mass is 513 g/mol. The Labute approximate surface area is 188 Å². The number of halogens is 1. The number of rotatable bonds is 6. The second kappa shape index (κ2) is 11.6. The van der Waals surface area contributed by atoms with E-state index in [4.69, 9.17) is 14.1 Å². The lowest BCUT2D eigenvalue weighted by Crippen LogP contribution is -2.53. The summed E-state index contributed by atoms with van der Waals surface area (Å²) in [7, 11) is 0. The third kappa shape index (κ3) is 6.09. The summed E-state index contributed by atoms with van der Waals surface area (Å²) in [6.07, 6.45) is 3.24. The number of carbonyl (C=O) groups is 1. The largest absolute Gasteiger partial charge is 0.478 e. The highest BCUT2D eigenvalue weighted by atomic mass is 127. The van der Waals surface area contributed by atoms with Gasteiger partial charge in [-0.1, -0.05) is 6.07 Å². The van der Waals surface area contributed by atoms with Crippen molar-refractivity contribution in [3.8, 4) is 5.88 Å². The summed E-state index contributed by atoms with van der Waals surface area (Å²) in [6.45, 7) is 8.48. The Hall–Kier alpha value is -2.30. The number of hydrogen-bond acceptors (Lipinski definition) is 5. The predicted octanol–water partition coefficient (Wildman–Crippen LogP) is 2.61. The van der Waals surface area contributed by atoms with Crippen molar-refractivity contribution in [1.29, 1.82) is 0 Å². The van der Waals surface area contributed by atoms with Gasteiger partial charge in [0.05, 0.1) is 19.4 Å². The van der Waals surface area contributed by atoms with Crippen molar-refractivity contribution in [3.63, 3.8) is 0 Å². The fraction of sp³-hybridized carbons (Fsp3) is 0.450. The number of ether oxygens (including phenoxy) is 1. The molecule has 8 nitrogen and oxygen atoms in total. The maximum atomic E-state index is 12.4. The summed E-state index contributed by atoms with van der Waals surface area (Å²) in [6, 6.07) is 7.29. The molecule has 3 rings (SSSR count). The van der Waals surface area contributed by atoms with Crippen LogP contribution in [0.15, 0.2) is 46.1 Å². The fourth-order valence-electron chi connectivity index (χ4n) is 3.07. The van der Waals surface area contributed by atoms with E-state index < -0.39 is 0 Å². The van der Waals surface area contributed by atoms with E-state index in [2.05, 4.69) is 15.2 Å². The molecule has 0 radical (unpaired) electrons. The van der Waals surface area contributed by atoms with Gasteiger partial charge in [0.25, 0.3) is 5.91 Å². The molecule has 9 heteroatoms.